The SMILES string of the molecule is C[C@H](NCC(=O)Nc1cc(Cl)ccc1-n1cncn1)c1cccs1. The molecule has 0 fully saturated rings. The molecule has 1 aromatic carbocycles. The van der Waals surface area contributed by atoms with Crippen LogP contribution in [0.3, 0.4) is 0 Å². The number of halogens is 1. The van der Waals surface area contributed by atoms with Gasteiger partial charge in [0.2, 0.25) is 5.91 Å². The number of amides is 1. The highest BCUT2D eigenvalue weighted by Gasteiger charge is 2.12. The molecule has 24 heavy (non-hydrogen) atoms. The number of nitrogens with zero attached hydrogens (tertiary/aromatic N) is 3. The van der Waals surface area contributed by atoms with Crippen molar-refractivity contribution in [3.8, 4) is 5.69 Å². The fraction of sp³-hybridized carbons (Fsp3) is 0.188. The molecule has 0 spiro atoms. The van der Waals surface area contributed by atoms with E-state index in [4.69, 9.17) is 11.6 Å². The summed E-state index contributed by atoms with van der Waals surface area (Å²) in [6.07, 6.45) is 3.00. The number of rotatable bonds is 6. The lowest BCUT2D eigenvalue weighted by Gasteiger charge is -2.14. The molecule has 1 amide bonds. The Kier molecular flexibility index (Phi) is 5.24. The van der Waals surface area contributed by atoms with Crippen LogP contribution in [0.5, 0.6) is 0 Å². The van der Waals surface area contributed by atoms with E-state index in [-0.39, 0.29) is 18.5 Å². The third kappa shape index (κ3) is 4.00. The Morgan fingerprint density at radius 1 is 1.42 bits per heavy atom. The van der Waals surface area contributed by atoms with Crippen LogP contribution in [-0.2, 0) is 4.79 Å². The first-order valence-electron chi connectivity index (χ1n) is 7.34. The van der Waals surface area contributed by atoms with Gasteiger partial charge < -0.3 is 10.6 Å². The monoisotopic (exact) mass is 361 g/mol. The summed E-state index contributed by atoms with van der Waals surface area (Å²) in [6, 6.07) is 9.37. The number of carbonyl (C=O) groups excluding carboxylic acids is 1. The normalized spacial score (nSPS) is 12.1. The lowest BCUT2D eigenvalue weighted by molar-refractivity contribution is -0.115. The maximum Gasteiger partial charge on any atom is 0.238 e. The predicted octanol–water partition coefficient (Wildman–Crippen LogP) is 3.27. The number of hydrogen-bond acceptors (Lipinski definition) is 5. The van der Waals surface area contributed by atoms with Gasteiger partial charge in [-0.05, 0) is 36.6 Å². The molecule has 3 rings (SSSR count). The molecule has 2 heterocycles. The number of thiophene rings is 1. The van der Waals surface area contributed by atoms with Crippen molar-refractivity contribution in [2.45, 2.75) is 13.0 Å². The van der Waals surface area contributed by atoms with Crippen LogP contribution in [0.2, 0.25) is 5.02 Å². The first kappa shape index (κ1) is 16.6. The molecule has 6 nitrogen and oxygen atoms in total. The van der Waals surface area contributed by atoms with E-state index in [1.165, 1.54) is 11.2 Å². The molecule has 0 bridgehead atoms. The molecular weight excluding hydrogens is 346 g/mol. The van der Waals surface area contributed by atoms with Gasteiger partial charge in [-0.25, -0.2) is 9.67 Å². The van der Waals surface area contributed by atoms with Gasteiger partial charge in [-0.3, -0.25) is 4.79 Å². The van der Waals surface area contributed by atoms with Crippen LogP contribution in [-0.4, -0.2) is 27.2 Å². The molecule has 8 heteroatoms. The molecule has 0 aliphatic rings. The maximum absolute atomic E-state index is 12.3. The van der Waals surface area contributed by atoms with Crippen molar-refractivity contribution in [3.05, 3.63) is 58.3 Å². The van der Waals surface area contributed by atoms with Crippen molar-refractivity contribution in [2.24, 2.45) is 0 Å². The van der Waals surface area contributed by atoms with E-state index >= 15 is 0 Å². The molecule has 0 aliphatic carbocycles. The highest BCUT2D eigenvalue weighted by Crippen LogP contribution is 2.24. The van der Waals surface area contributed by atoms with Crippen molar-refractivity contribution >= 4 is 34.5 Å². The van der Waals surface area contributed by atoms with Gasteiger partial charge in [0.15, 0.2) is 0 Å². The van der Waals surface area contributed by atoms with E-state index < -0.39 is 0 Å². The van der Waals surface area contributed by atoms with E-state index in [1.807, 2.05) is 24.4 Å². The highest BCUT2D eigenvalue weighted by molar-refractivity contribution is 7.10. The molecule has 0 aliphatic heterocycles. The van der Waals surface area contributed by atoms with E-state index in [9.17, 15) is 4.79 Å². The van der Waals surface area contributed by atoms with E-state index in [1.54, 1.807) is 40.5 Å². The van der Waals surface area contributed by atoms with Crippen LogP contribution < -0.4 is 10.6 Å². The minimum atomic E-state index is -0.151. The highest BCUT2D eigenvalue weighted by atomic mass is 35.5. The zero-order chi connectivity index (χ0) is 16.9. The Morgan fingerprint density at radius 2 is 2.29 bits per heavy atom. The van der Waals surface area contributed by atoms with Crippen molar-refractivity contribution < 1.29 is 4.79 Å². The van der Waals surface area contributed by atoms with E-state index in [0.717, 1.165) is 0 Å². The van der Waals surface area contributed by atoms with Gasteiger partial charge in [0.05, 0.1) is 17.9 Å². The molecule has 1 atom stereocenters. The summed E-state index contributed by atoms with van der Waals surface area (Å²) in [7, 11) is 0. The summed E-state index contributed by atoms with van der Waals surface area (Å²) in [5, 5.41) is 12.7. The van der Waals surface area contributed by atoms with Crippen LogP contribution in [0.15, 0.2) is 48.4 Å². The molecule has 0 radical (unpaired) electrons. The first-order valence-corrected chi connectivity index (χ1v) is 8.60. The molecule has 3 aromatic rings. The minimum absolute atomic E-state index is 0.116. The van der Waals surface area contributed by atoms with Gasteiger partial charge in [0, 0.05) is 15.9 Å². The average Bonchev–Trinajstić information content (AvgIpc) is 3.26. The number of hydrogen-bond donors (Lipinski definition) is 2. The van der Waals surface area contributed by atoms with Crippen molar-refractivity contribution in [3.63, 3.8) is 0 Å². The lowest BCUT2D eigenvalue weighted by Crippen LogP contribution is -2.30. The fourth-order valence-electron chi connectivity index (χ4n) is 2.22. The van der Waals surface area contributed by atoms with E-state index in [2.05, 4.69) is 20.7 Å². The second kappa shape index (κ2) is 7.57. The van der Waals surface area contributed by atoms with Crippen molar-refractivity contribution in [1.82, 2.24) is 20.1 Å². The van der Waals surface area contributed by atoms with Gasteiger partial charge in [-0.1, -0.05) is 17.7 Å². The summed E-state index contributed by atoms with van der Waals surface area (Å²) >= 11 is 7.71. The van der Waals surface area contributed by atoms with E-state index in [0.29, 0.717) is 16.4 Å². The largest absolute Gasteiger partial charge is 0.323 e. The summed E-state index contributed by atoms with van der Waals surface area (Å²) in [4.78, 5) is 17.4. The number of aromatic nitrogens is 3. The van der Waals surface area contributed by atoms with Crippen molar-refractivity contribution in [2.75, 3.05) is 11.9 Å². The average molecular weight is 362 g/mol. The van der Waals surface area contributed by atoms with Gasteiger partial charge in [-0.15, -0.1) is 11.3 Å². The van der Waals surface area contributed by atoms with Crippen LogP contribution in [0, 0.1) is 0 Å². The van der Waals surface area contributed by atoms with Gasteiger partial charge in [0.25, 0.3) is 0 Å². The van der Waals surface area contributed by atoms with Crippen LogP contribution in [0.25, 0.3) is 5.69 Å². The first-order chi connectivity index (χ1) is 11.6. The molecule has 2 N–H and O–H groups in total. The molecule has 0 saturated carbocycles. The number of carbonyl (C=O) groups is 1. The van der Waals surface area contributed by atoms with Gasteiger partial charge >= 0.3 is 0 Å². The Labute approximate surface area is 148 Å². The minimum Gasteiger partial charge on any atom is -0.323 e. The maximum atomic E-state index is 12.3. The van der Waals surface area contributed by atoms with Crippen LogP contribution in [0.1, 0.15) is 17.8 Å². The van der Waals surface area contributed by atoms with Crippen molar-refractivity contribution in [1.29, 1.82) is 0 Å². The zero-order valence-electron chi connectivity index (χ0n) is 12.9. The second-order valence-electron chi connectivity index (χ2n) is 5.17. The molecule has 124 valence electrons. The fourth-order valence-corrected chi connectivity index (χ4v) is 3.15. The summed E-state index contributed by atoms with van der Waals surface area (Å²) in [6.45, 7) is 2.22. The lowest BCUT2D eigenvalue weighted by atomic mass is 10.2. The Morgan fingerprint density at radius 3 is 3.00 bits per heavy atom. The molecular formula is C16H16ClN5OS. The Balaban J connectivity index is 1.67. The van der Waals surface area contributed by atoms with Crippen LogP contribution >= 0.6 is 22.9 Å². The third-order valence-electron chi connectivity index (χ3n) is 3.44. The second-order valence-corrected chi connectivity index (χ2v) is 6.58. The standard InChI is InChI=1S/C16H16ClN5OS/c1-11(15-3-2-6-24-15)19-8-16(23)21-13-7-12(17)4-5-14(13)22-10-18-9-20-22/h2-7,9-11,19H,8H2,1H3,(H,21,23)/t11-/m0/s1. The third-order valence-corrected chi connectivity index (χ3v) is 4.73. The van der Waals surface area contributed by atoms with Crippen LogP contribution in [0.4, 0.5) is 5.69 Å². The zero-order valence-corrected chi connectivity index (χ0v) is 14.5. The number of benzene rings is 1. The molecule has 0 saturated heterocycles. The number of nitrogens with one attached hydrogen (secondary N) is 2. The molecule has 0 unspecified atom stereocenters. The smallest absolute Gasteiger partial charge is 0.238 e. The van der Waals surface area contributed by atoms with Gasteiger partial charge in [0.1, 0.15) is 12.7 Å². The molecule has 2 aromatic heterocycles. The van der Waals surface area contributed by atoms with Gasteiger partial charge in [-0.2, -0.15) is 5.10 Å². The Hall–Kier alpha value is -2.22. The predicted molar refractivity (Wildman–Crippen MR) is 95.7 cm³/mol. The quantitative estimate of drug-likeness (QED) is 0.706. The topological polar surface area (TPSA) is 71.8 Å². The summed E-state index contributed by atoms with van der Waals surface area (Å²) in [5.41, 5.74) is 1.29. The number of anilines is 1. The summed E-state index contributed by atoms with van der Waals surface area (Å²) in [5.74, 6) is -0.151. The summed E-state index contributed by atoms with van der Waals surface area (Å²) < 4.78 is 1.58. The Bertz CT molecular complexity index is 804.